The van der Waals surface area contributed by atoms with Gasteiger partial charge in [0.25, 0.3) is 0 Å². The molecule has 5 unspecified atom stereocenters. The summed E-state index contributed by atoms with van der Waals surface area (Å²) in [5.41, 5.74) is 4.31. The van der Waals surface area contributed by atoms with Crippen LogP contribution in [-0.2, 0) is 9.53 Å². The summed E-state index contributed by atoms with van der Waals surface area (Å²) < 4.78 is 5.27. The van der Waals surface area contributed by atoms with E-state index in [2.05, 4.69) is 16.7 Å². The van der Waals surface area contributed by atoms with Gasteiger partial charge in [-0.2, -0.15) is 0 Å². The molecule has 4 N–H and O–H groups in total. The molecule has 0 saturated carbocycles. The first kappa shape index (κ1) is 16.3. The minimum atomic E-state index is -1.30. The zero-order valence-electron chi connectivity index (χ0n) is 10.6. The van der Waals surface area contributed by atoms with Gasteiger partial charge < -0.3 is 0 Å². The van der Waals surface area contributed by atoms with Gasteiger partial charge in [-0.3, -0.25) is 0 Å². The van der Waals surface area contributed by atoms with Gasteiger partial charge in [-0.05, 0) is 0 Å². The van der Waals surface area contributed by atoms with Crippen molar-refractivity contribution in [1.82, 2.24) is 5.32 Å². The van der Waals surface area contributed by atoms with E-state index < -0.39 is 50.0 Å². The Kier molecular flexibility index (Phi) is 6.44. The molecule has 0 aromatic heterocycles. The number of nitrogens with one attached hydrogen (secondary N) is 1. The Bertz CT molecular complexity index is 293. The van der Waals surface area contributed by atoms with Gasteiger partial charge in [0, 0.05) is 0 Å². The number of carbonyl (C=O) groups excluding carboxylic acids is 1. The monoisotopic (exact) mass is 341 g/mol. The quantitative estimate of drug-likeness (QED) is 0.485. The molecule has 6 nitrogen and oxygen atoms in total. The van der Waals surface area contributed by atoms with Crippen LogP contribution in [0, 0.1) is 0 Å². The Labute approximate surface area is 114 Å². The Morgan fingerprint density at radius 3 is 2.44 bits per heavy atom. The summed E-state index contributed by atoms with van der Waals surface area (Å²) in [5.74, 6) is 0.145. The van der Waals surface area contributed by atoms with E-state index in [0.29, 0.717) is 5.75 Å². The number of ether oxygens (including phenoxy) is 1. The topological polar surface area (TPSA) is 99.0 Å². The molecule has 0 aliphatic carbocycles. The van der Waals surface area contributed by atoms with E-state index in [4.69, 9.17) is 4.74 Å². The van der Waals surface area contributed by atoms with Crippen molar-refractivity contribution in [2.24, 2.45) is 0 Å². The zero-order valence-corrected chi connectivity index (χ0v) is 13.3. The van der Waals surface area contributed by atoms with Crippen molar-refractivity contribution >= 4 is 29.4 Å². The number of hydrogen-bond acceptors (Lipinski definition) is 6. The van der Waals surface area contributed by atoms with Gasteiger partial charge >= 0.3 is 114 Å². The minimum absolute atomic E-state index is 0.392. The van der Waals surface area contributed by atoms with Gasteiger partial charge in [0.1, 0.15) is 0 Å². The van der Waals surface area contributed by atoms with E-state index in [1.54, 1.807) is 10.0 Å². The van der Waals surface area contributed by atoms with Gasteiger partial charge in [0.15, 0.2) is 0 Å². The van der Waals surface area contributed by atoms with Crippen molar-refractivity contribution in [3.63, 3.8) is 0 Å². The van der Waals surface area contributed by atoms with Crippen molar-refractivity contribution in [2.75, 3.05) is 5.75 Å². The van der Waals surface area contributed by atoms with E-state index in [0.717, 1.165) is 0 Å². The van der Waals surface area contributed by atoms with Gasteiger partial charge in [-0.1, -0.05) is 0 Å². The number of aliphatic hydroxyl groups excluding tert-OH is 3. The fraction of sp³-hybridized carbons (Fsp3) is 0.900. The molecule has 0 radical (unpaired) electrons. The summed E-state index contributed by atoms with van der Waals surface area (Å²) in [7, 11) is 1.71. The molecule has 106 valence electrons. The van der Waals surface area contributed by atoms with Crippen molar-refractivity contribution in [2.45, 2.75) is 49.0 Å². The third-order valence-electron chi connectivity index (χ3n) is 2.59. The summed E-state index contributed by atoms with van der Waals surface area (Å²) in [5, 5.41) is 31.9. The van der Waals surface area contributed by atoms with E-state index in [-0.39, 0.29) is 0 Å². The fourth-order valence-electron chi connectivity index (χ4n) is 1.70. The molecular formula is C10H20AsNO5S. The molecule has 0 spiro atoms. The molecule has 0 bridgehead atoms. The van der Waals surface area contributed by atoms with Gasteiger partial charge in [-0.15, -0.1) is 0 Å². The van der Waals surface area contributed by atoms with Crippen molar-refractivity contribution in [3.05, 3.63) is 0 Å². The zero-order chi connectivity index (χ0) is 13.9. The Morgan fingerprint density at radius 2 is 1.94 bits per heavy atom. The second kappa shape index (κ2) is 7.12. The number of carbonyl (C=O) groups is 1. The van der Waals surface area contributed by atoms with Crippen molar-refractivity contribution < 1.29 is 24.9 Å². The van der Waals surface area contributed by atoms with Crippen LogP contribution in [-0.4, -0.2) is 71.1 Å². The van der Waals surface area contributed by atoms with Gasteiger partial charge in [-0.25, -0.2) is 0 Å². The molecule has 0 aromatic rings. The predicted molar refractivity (Wildman–Crippen MR) is 70.4 cm³/mol. The SMILES string of the molecule is CC(=O)NC1C(O)OC(CS[As](C)C)C(O)C1O. The van der Waals surface area contributed by atoms with Crippen LogP contribution in [0.1, 0.15) is 6.92 Å². The van der Waals surface area contributed by atoms with Gasteiger partial charge in [0.2, 0.25) is 0 Å². The first-order chi connectivity index (χ1) is 8.32. The second-order valence-electron chi connectivity index (χ2n) is 4.38. The fourth-order valence-corrected chi connectivity index (χ4v) is 5.22. The second-order valence-corrected chi connectivity index (χ2v) is 13.8. The maximum atomic E-state index is 10.9. The van der Waals surface area contributed by atoms with Crippen LogP contribution in [0.15, 0.2) is 0 Å². The molecule has 5 atom stereocenters. The molecule has 18 heavy (non-hydrogen) atoms. The summed E-state index contributed by atoms with van der Waals surface area (Å²) in [6.07, 6.45) is -4.24. The molecule has 1 saturated heterocycles. The summed E-state index contributed by atoms with van der Waals surface area (Å²) >= 11 is -0.917. The average molecular weight is 341 g/mol. The van der Waals surface area contributed by atoms with E-state index in [1.165, 1.54) is 6.92 Å². The van der Waals surface area contributed by atoms with Crippen LogP contribution < -0.4 is 5.32 Å². The van der Waals surface area contributed by atoms with E-state index >= 15 is 0 Å². The van der Waals surface area contributed by atoms with E-state index in [1.807, 2.05) is 0 Å². The molecule has 1 aliphatic heterocycles. The number of amides is 1. The summed E-state index contributed by atoms with van der Waals surface area (Å²) in [4.78, 5) is 10.9. The normalized spacial score (nSPS) is 36.7. The Hall–Kier alpha value is 0.218. The molecule has 8 heteroatoms. The molecular weight excluding hydrogens is 321 g/mol. The number of hydrogen-bond donors (Lipinski definition) is 4. The molecule has 1 aliphatic rings. The van der Waals surface area contributed by atoms with Gasteiger partial charge in [0.05, 0.1) is 0 Å². The first-order valence-corrected chi connectivity index (χ1v) is 12.6. The standard InChI is InChI=1S/C10H20AsNO5S/c1-5(13)12-7-9(15)8(14)6(17-10(7)16)4-18-11(2)3/h6-10,14-16H,4H2,1-3H3,(H,12,13). The summed E-state index contributed by atoms with van der Waals surface area (Å²) in [6.45, 7) is 1.28. The molecule has 0 aromatic carbocycles. The van der Waals surface area contributed by atoms with Crippen LogP contribution in [0.2, 0.25) is 11.4 Å². The van der Waals surface area contributed by atoms with E-state index in [9.17, 15) is 20.1 Å². The van der Waals surface area contributed by atoms with Crippen LogP contribution in [0.25, 0.3) is 0 Å². The Morgan fingerprint density at radius 1 is 1.33 bits per heavy atom. The number of aliphatic hydroxyl groups is 3. The molecule has 1 heterocycles. The van der Waals surface area contributed by atoms with Crippen LogP contribution in [0.5, 0.6) is 0 Å². The van der Waals surface area contributed by atoms with Crippen LogP contribution >= 0.6 is 10.0 Å². The third-order valence-corrected chi connectivity index (χ3v) is 7.77. The van der Waals surface area contributed by atoms with Crippen molar-refractivity contribution in [1.29, 1.82) is 0 Å². The van der Waals surface area contributed by atoms with Crippen molar-refractivity contribution in [3.8, 4) is 0 Å². The average Bonchev–Trinajstić information content (AvgIpc) is 2.27. The maximum absolute atomic E-state index is 10.9. The third kappa shape index (κ3) is 4.40. The predicted octanol–water partition coefficient (Wildman–Crippen LogP) is -1.09. The first-order valence-electron chi connectivity index (χ1n) is 5.60. The van der Waals surface area contributed by atoms with Crippen LogP contribution in [0.4, 0.5) is 0 Å². The molecule has 1 amide bonds. The molecule has 1 fully saturated rings. The van der Waals surface area contributed by atoms with Crippen LogP contribution in [0.3, 0.4) is 0 Å². The molecule has 1 rings (SSSR count). The Balaban J connectivity index is 2.61. The summed E-state index contributed by atoms with van der Waals surface area (Å²) in [6, 6.07) is -0.990. The number of rotatable bonds is 4.